The molecular weight excluding hydrogens is 484 g/mol. The van der Waals surface area contributed by atoms with Gasteiger partial charge in [0.05, 0.1) is 22.3 Å². The van der Waals surface area contributed by atoms with Gasteiger partial charge in [-0.15, -0.1) is 0 Å². The van der Waals surface area contributed by atoms with Gasteiger partial charge in [0, 0.05) is 10.9 Å². The van der Waals surface area contributed by atoms with E-state index in [2.05, 4.69) is 15.5 Å². The zero-order valence-electron chi connectivity index (χ0n) is 19.1. The molecule has 0 atom stereocenters. The topological polar surface area (TPSA) is 91.7 Å². The summed E-state index contributed by atoms with van der Waals surface area (Å²) in [5, 5.41) is 5.09. The maximum atomic E-state index is 13.4. The largest absolute Gasteiger partial charge is 0.271 e. The molecule has 4 rings (SSSR count). The normalized spacial score (nSPS) is 11.6. The van der Waals surface area contributed by atoms with Crippen LogP contribution in [0.5, 0.6) is 0 Å². The minimum Gasteiger partial charge on any atom is -0.271 e. The molecule has 35 heavy (non-hydrogen) atoms. The highest BCUT2D eigenvalue weighted by Gasteiger charge is 2.27. The molecule has 0 saturated heterocycles. The first-order chi connectivity index (χ1) is 16.8. The first-order valence-corrected chi connectivity index (χ1v) is 12.6. The third-order valence-electron chi connectivity index (χ3n) is 5.49. The number of rotatable bonds is 7. The summed E-state index contributed by atoms with van der Waals surface area (Å²) in [5.74, 6) is -0.608. The average Bonchev–Trinajstić information content (AvgIpc) is 2.85. The van der Waals surface area contributed by atoms with Gasteiger partial charge in [0.25, 0.3) is 15.9 Å². The number of sulfonamides is 1. The Bertz CT molecular complexity index is 1520. The molecule has 1 aromatic heterocycles. The number of hydrazone groups is 1. The molecule has 7 nitrogen and oxygen atoms in total. The van der Waals surface area contributed by atoms with Crippen molar-refractivity contribution in [3.8, 4) is 0 Å². The van der Waals surface area contributed by atoms with Crippen molar-refractivity contribution in [1.29, 1.82) is 0 Å². The summed E-state index contributed by atoms with van der Waals surface area (Å²) in [4.78, 5) is 17.2. The number of amides is 1. The lowest BCUT2D eigenvalue weighted by Crippen LogP contribution is -2.39. The van der Waals surface area contributed by atoms with Gasteiger partial charge < -0.3 is 0 Å². The second-order valence-electron chi connectivity index (χ2n) is 7.95. The van der Waals surface area contributed by atoms with Crippen LogP contribution in [0.15, 0.2) is 88.9 Å². The standard InChI is InChI=1S/C26H23ClN4O3S/c1-18-12-13-22(14-19(18)2)31(35(33,34)23-9-4-3-5-10-23)17-25(32)30-28-16-21-15-20-8-6-7-11-24(20)29-26(21)27/h3-16H,17H2,1-2H3,(H,30,32)/b28-16-. The van der Waals surface area contributed by atoms with Crippen molar-refractivity contribution in [1.82, 2.24) is 10.4 Å². The van der Waals surface area contributed by atoms with E-state index in [0.29, 0.717) is 11.3 Å². The Morgan fingerprint density at radius 1 is 1.00 bits per heavy atom. The van der Waals surface area contributed by atoms with Gasteiger partial charge in [-0.1, -0.05) is 54.1 Å². The van der Waals surface area contributed by atoms with Crippen LogP contribution < -0.4 is 9.73 Å². The van der Waals surface area contributed by atoms with Gasteiger partial charge in [0.1, 0.15) is 11.7 Å². The van der Waals surface area contributed by atoms with Crippen molar-refractivity contribution in [2.75, 3.05) is 10.8 Å². The maximum absolute atomic E-state index is 13.4. The van der Waals surface area contributed by atoms with E-state index in [1.807, 2.05) is 50.2 Å². The van der Waals surface area contributed by atoms with Crippen molar-refractivity contribution >= 4 is 50.3 Å². The Balaban J connectivity index is 1.58. The van der Waals surface area contributed by atoms with Crippen LogP contribution in [0, 0.1) is 13.8 Å². The Hall–Kier alpha value is -3.75. The summed E-state index contributed by atoms with van der Waals surface area (Å²) in [6.07, 6.45) is 1.38. The minimum atomic E-state index is -4.00. The number of para-hydroxylation sites is 1. The third-order valence-corrected chi connectivity index (χ3v) is 7.59. The van der Waals surface area contributed by atoms with Gasteiger partial charge in [-0.2, -0.15) is 5.10 Å². The fourth-order valence-corrected chi connectivity index (χ4v) is 5.08. The number of nitrogens with one attached hydrogen (secondary N) is 1. The smallest absolute Gasteiger partial charge is 0.264 e. The van der Waals surface area contributed by atoms with Gasteiger partial charge in [-0.3, -0.25) is 9.10 Å². The number of pyridine rings is 1. The SMILES string of the molecule is Cc1ccc(N(CC(=O)N/N=C\c2cc3ccccc3nc2Cl)S(=O)(=O)c2ccccc2)cc1C. The minimum absolute atomic E-state index is 0.0866. The van der Waals surface area contributed by atoms with Crippen molar-refractivity contribution in [2.45, 2.75) is 18.7 Å². The van der Waals surface area contributed by atoms with Crippen molar-refractivity contribution < 1.29 is 13.2 Å². The van der Waals surface area contributed by atoms with Crippen LogP contribution in [0.4, 0.5) is 5.69 Å². The average molecular weight is 507 g/mol. The molecule has 0 saturated carbocycles. The zero-order valence-corrected chi connectivity index (χ0v) is 20.7. The predicted molar refractivity (Wildman–Crippen MR) is 139 cm³/mol. The monoisotopic (exact) mass is 506 g/mol. The first kappa shape index (κ1) is 24.4. The van der Waals surface area contributed by atoms with E-state index in [0.717, 1.165) is 26.3 Å². The molecule has 178 valence electrons. The highest BCUT2D eigenvalue weighted by Crippen LogP contribution is 2.25. The quantitative estimate of drug-likeness (QED) is 0.220. The molecule has 0 aliphatic carbocycles. The highest BCUT2D eigenvalue weighted by atomic mass is 35.5. The van der Waals surface area contributed by atoms with Gasteiger partial charge in [0.15, 0.2) is 0 Å². The van der Waals surface area contributed by atoms with Crippen molar-refractivity contribution in [3.63, 3.8) is 0 Å². The second kappa shape index (κ2) is 10.2. The Morgan fingerprint density at radius 3 is 2.46 bits per heavy atom. The number of hydrogen-bond acceptors (Lipinski definition) is 5. The lowest BCUT2D eigenvalue weighted by molar-refractivity contribution is -0.119. The van der Waals surface area contributed by atoms with Crippen LogP contribution in [0.25, 0.3) is 10.9 Å². The van der Waals surface area contributed by atoms with Crippen LogP contribution in [-0.2, 0) is 14.8 Å². The number of aromatic nitrogens is 1. The Labute approximate surface area is 209 Å². The summed E-state index contributed by atoms with van der Waals surface area (Å²) in [6.45, 7) is 3.36. The number of benzene rings is 3. The summed E-state index contributed by atoms with van der Waals surface area (Å²) >= 11 is 6.24. The molecule has 0 fully saturated rings. The number of anilines is 1. The molecular formula is C26H23ClN4O3S. The van der Waals surface area contributed by atoms with Crippen LogP contribution in [0.1, 0.15) is 16.7 Å². The van der Waals surface area contributed by atoms with E-state index < -0.39 is 22.5 Å². The van der Waals surface area contributed by atoms with Gasteiger partial charge in [0.2, 0.25) is 0 Å². The fourth-order valence-electron chi connectivity index (χ4n) is 3.45. The number of carbonyl (C=O) groups is 1. The number of hydrogen-bond donors (Lipinski definition) is 1. The molecule has 1 heterocycles. The van der Waals surface area contributed by atoms with Gasteiger partial charge in [-0.25, -0.2) is 18.8 Å². The number of nitrogens with zero attached hydrogens (tertiary/aromatic N) is 3. The molecule has 3 aromatic carbocycles. The van der Waals surface area contributed by atoms with Crippen LogP contribution in [0.3, 0.4) is 0 Å². The van der Waals surface area contributed by atoms with Crippen LogP contribution in [0.2, 0.25) is 5.15 Å². The fraction of sp³-hybridized carbons (Fsp3) is 0.115. The maximum Gasteiger partial charge on any atom is 0.264 e. The molecule has 0 spiro atoms. The lowest BCUT2D eigenvalue weighted by atomic mass is 10.1. The summed E-state index contributed by atoms with van der Waals surface area (Å²) in [6, 6.07) is 22.5. The van der Waals surface area contributed by atoms with E-state index in [9.17, 15) is 13.2 Å². The van der Waals surface area contributed by atoms with Crippen LogP contribution in [-0.4, -0.2) is 32.1 Å². The van der Waals surface area contributed by atoms with E-state index in [1.54, 1.807) is 30.3 Å². The summed E-state index contributed by atoms with van der Waals surface area (Å²) in [5.41, 5.74) is 5.97. The molecule has 0 aliphatic rings. The zero-order chi connectivity index (χ0) is 25.0. The van der Waals surface area contributed by atoms with Gasteiger partial charge in [-0.05, 0) is 61.4 Å². The van der Waals surface area contributed by atoms with E-state index >= 15 is 0 Å². The lowest BCUT2D eigenvalue weighted by Gasteiger charge is -2.24. The molecule has 0 radical (unpaired) electrons. The van der Waals surface area contributed by atoms with Gasteiger partial charge >= 0.3 is 0 Å². The third kappa shape index (κ3) is 5.50. The molecule has 0 unspecified atom stereocenters. The first-order valence-electron chi connectivity index (χ1n) is 10.8. The van der Waals surface area contributed by atoms with E-state index in [1.165, 1.54) is 18.3 Å². The van der Waals surface area contributed by atoms with E-state index in [-0.39, 0.29) is 10.0 Å². The van der Waals surface area contributed by atoms with Crippen LogP contribution >= 0.6 is 11.6 Å². The number of aryl methyl sites for hydroxylation is 2. The summed E-state index contributed by atoms with van der Waals surface area (Å²) in [7, 11) is -4.00. The second-order valence-corrected chi connectivity index (χ2v) is 10.2. The molecule has 1 amide bonds. The Kier molecular flexibility index (Phi) is 7.14. The number of halogens is 1. The van der Waals surface area contributed by atoms with Crippen molar-refractivity contribution in [3.05, 3.63) is 101 Å². The number of fused-ring (bicyclic) bond motifs is 1. The number of carbonyl (C=O) groups excluding carboxylic acids is 1. The Morgan fingerprint density at radius 2 is 1.71 bits per heavy atom. The summed E-state index contributed by atoms with van der Waals surface area (Å²) < 4.78 is 27.9. The highest BCUT2D eigenvalue weighted by molar-refractivity contribution is 7.92. The molecule has 1 N–H and O–H groups in total. The predicted octanol–water partition coefficient (Wildman–Crippen LogP) is 4.85. The molecule has 4 aromatic rings. The van der Waals surface area contributed by atoms with E-state index in [4.69, 9.17) is 11.6 Å². The molecule has 0 aliphatic heterocycles. The molecule has 0 bridgehead atoms. The molecule has 9 heteroatoms. The van der Waals surface area contributed by atoms with Crippen molar-refractivity contribution in [2.24, 2.45) is 5.10 Å².